The molecular weight excluding hydrogens is 342 g/mol. The number of rotatable bonds is 8. The van der Waals surface area contributed by atoms with Gasteiger partial charge < -0.3 is 20.3 Å². The Hall–Kier alpha value is -2.94. The second kappa shape index (κ2) is 8.25. The summed E-state index contributed by atoms with van der Waals surface area (Å²) >= 11 is 1.20. The molecule has 0 spiro atoms. The van der Waals surface area contributed by atoms with Crippen molar-refractivity contribution >= 4 is 17.7 Å². The van der Waals surface area contributed by atoms with Gasteiger partial charge in [-0.3, -0.25) is 4.79 Å². The third-order valence-corrected chi connectivity index (χ3v) is 4.12. The van der Waals surface area contributed by atoms with E-state index in [1.165, 1.54) is 22.7 Å². The molecule has 0 aliphatic heterocycles. The van der Waals surface area contributed by atoms with Crippen molar-refractivity contribution in [3.8, 4) is 17.3 Å². The normalized spacial score (nSPS) is 10.6. The Morgan fingerprint density at radius 1 is 1.24 bits per heavy atom. The predicted octanol–water partition coefficient (Wildman–Crippen LogP) is 1.54. The van der Waals surface area contributed by atoms with Gasteiger partial charge in [-0.25, -0.2) is 4.68 Å². The average Bonchev–Trinajstić information content (AvgIpc) is 3.27. The van der Waals surface area contributed by atoms with Crippen LogP contribution in [-0.4, -0.2) is 39.7 Å². The van der Waals surface area contributed by atoms with Gasteiger partial charge in [0.1, 0.15) is 12.4 Å². The van der Waals surface area contributed by atoms with Crippen LogP contribution in [0.2, 0.25) is 0 Å². The zero-order chi connectivity index (χ0) is 17.5. The lowest BCUT2D eigenvalue weighted by molar-refractivity contribution is -0.118. The minimum absolute atomic E-state index is 0.135. The van der Waals surface area contributed by atoms with Crippen molar-refractivity contribution in [1.82, 2.24) is 20.2 Å². The van der Waals surface area contributed by atoms with E-state index in [2.05, 4.69) is 15.5 Å². The number of hydrogen-bond acceptors (Lipinski definition) is 7. The molecule has 3 N–H and O–H groups in total. The Labute approximate surface area is 148 Å². The van der Waals surface area contributed by atoms with Gasteiger partial charge >= 0.3 is 0 Å². The summed E-state index contributed by atoms with van der Waals surface area (Å²) in [5, 5.41) is 11.1. The third kappa shape index (κ3) is 4.54. The van der Waals surface area contributed by atoms with Gasteiger partial charge in [-0.05, 0) is 24.3 Å². The molecule has 3 aromatic rings. The molecule has 2 heterocycles. The zero-order valence-corrected chi connectivity index (χ0v) is 14.1. The second-order valence-corrected chi connectivity index (χ2v) is 5.90. The molecule has 1 amide bonds. The monoisotopic (exact) mass is 359 g/mol. The Balaban J connectivity index is 1.41. The minimum atomic E-state index is -0.135. The molecule has 130 valence electrons. The van der Waals surface area contributed by atoms with Gasteiger partial charge in [0.25, 0.3) is 0 Å². The molecule has 8 nitrogen and oxygen atoms in total. The molecule has 0 aliphatic carbocycles. The highest BCUT2D eigenvalue weighted by Gasteiger charge is 2.15. The van der Waals surface area contributed by atoms with Crippen LogP contribution in [0, 0.1) is 0 Å². The SMILES string of the molecule is Nn1c(SCC(=O)NCCOc2ccccc2)nnc1-c1ccco1. The van der Waals surface area contributed by atoms with Crippen LogP contribution in [0.4, 0.5) is 0 Å². The van der Waals surface area contributed by atoms with E-state index < -0.39 is 0 Å². The summed E-state index contributed by atoms with van der Waals surface area (Å²) in [6, 6.07) is 12.9. The number of nitrogens with one attached hydrogen (secondary N) is 1. The number of thioether (sulfide) groups is 1. The number of ether oxygens (including phenoxy) is 1. The first-order valence-corrected chi connectivity index (χ1v) is 8.54. The number of nitrogen functional groups attached to an aromatic ring is 1. The number of nitrogens with zero attached hydrogens (tertiary/aromatic N) is 3. The fourth-order valence-corrected chi connectivity index (χ4v) is 2.69. The maximum atomic E-state index is 11.9. The smallest absolute Gasteiger partial charge is 0.230 e. The number of furan rings is 1. The van der Waals surface area contributed by atoms with E-state index in [0.29, 0.717) is 29.9 Å². The Bertz CT molecular complexity index is 805. The number of carbonyl (C=O) groups excluding carboxylic acids is 1. The summed E-state index contributed by atoms with van der Waals surface area (Å²) in [5.74, 6) is 7.67. The number of benzene rings is 1. The standard InChI is InChI=1S/C16H17N5O3S/c17-21-15(13-7-4-9-24-13)19-20-16(21)25-11-14(22)18-8-10-23-12-5-2-1-3-6-12/h1-7,9H,8,10-11,17H2,(H,18,22). The second-order valence-electron chi connectivity index (χ2n) is 4.95. The maximum absolute atomic E-state index is 11.9. The van der Waals surface area contributed by atoms with E-state index in [1.54, 1.807) is 12.1 Å². The average molecular weight is 359 g/mol. The molecule has 9 heteroatoms. The molecule has 0 fully saturated rings. The van der Waals surface area contributed by atoms with E-state index in [4.69, 9.17) is 15.0 Å². The summed E-state index contributed by atoms with van der Waals surface area (Å²) < 4.78 is 12.0. The van der Waals surface area contributed by atoms with Gasteiger partial charge in [-0.15, -0.1) is 10.2 Å². The first-order chi connectivity index (χ1) is 12.2. The summed E-state index contributed by atoms with van der Waals surface area (Å²) in [5.41, 5.74) is 0. The fraction of sp³-hybridized carbons (Fsp3) is 0.188. The summed E-state index contributed by atoms with van der Waals surface area (Å²) in [6.07, 6.45) is 1.53. The van der Waals surface area contributed by atoms with Gasteiger partial charge in [0.2, 0.25) is 16.9 Å². The first kappa shape index (κ1) is 16.9. The van der Waals surface area contributed by atoms with Crippen LogP contribution in [0.15, 0.2) is 58.3 Å². The zero-order valence-electron chi connectivity index (χ0n) is 13.3. The molecule has 0 saturated heterocycles. The number of carbonyl (C=O) groups is 1. The highest BCUT2D eigenvalue weighted by Crippen LogP contribution is 2.21. The number of aromatic nitrogens is 3. The molecule has 0 radical (unpaired) electrons. The van der Waals surface area contributed by atoms with Crippen LogP contribution in [0.5, 0.6) is 5.75 Å². The quantitative estimate of drug-likeness (QED) is 0.357. The molecule has 0 atom stereocenters. The van der Waals surface area contributed by atoms with Crippen molar-refractivity contribution in [3.63, 3.8) is 0 Å². The molecule has 0 saturated carbocycles. The van der Waals surface area contributed by atoms with Crippen molar-refractivity contribution < 1.29 is 13.9 Å². The van der Waals surface area contributed by atoms with Crippen LogP contribution in [0.3, 0.4) is 0 Å². The Kier molecular flexibility index (Phi) is 5.57. The number of hydrogen-bond donors (Lipinski definition) is 2. The van der Waals surface area contributed by atoms with Crippen molar-refractivity contribution in [2.24, 2.45) is 0 Å². The number of amides is 1. The molecule has 2 aromatic heterocycles. The molecular formula is C16H17N5O3S. The van der Waals surface area contributed by atoms with E-state index in [-0.39, 0.29) is 11.7 Å². The summed E-state index contributed by atoms with van der Waals surface area (Å²) in [7, 11) is 0. The third-order valence-electron chi connectivity index (χ3n) is 3.17. The Morgan fingerprint density at radius 3 is 2.84 bits per heavy atom. The molecule has 1 aromatic carbocycles. The highest BCUT2D eigenvalue weighted by molar-refractivity contribution is 7.99. The van der Waals surface area contributed by atoms with Crippen LogP contribution in [-0.2, 0) is 4.79 Å². The van der Waals surface area contributed by atoms with Gasteiger partial charge in [0.15, 0.2) is 5.76 Å². The van der Waals surface area contributed by atoms with Gasteiger partial charge in [-0.2, -0.15) is 0 Å². The van der Waals surface area contributed by atoms with E-state index in [0.717, 1.165) is 5.75 Å². The van der Waals surface area contributed by atoms with Crippen LogP contribution in [0.1, 0.15) is 0 Å². The lowest BCUT2D eigenvalue weighted by Crippen LogP contribution is -2.29. The van der Waals surface area contributed by atoms with Crippen molar-refractivity contribution in [2.45, 2.75) is 5.16 Å². The number of para-hydroxylation sites is 1. The molecule has 0 aliphatic rings. The van der Waals surface area contributed by atoms with Crippen LogP contribution in [0.25, 0.3) is 11.6 Å². The molecule has 25 heavy (non-hydrogen) atoms. The largest absolute Gasteiger partial charge is 0.492 e. The summed E-state index contributed by atoms with van der Waals surface area (Å²) in [6.45, 7) is 0.817. The Morgan fingerprint density at radius 2 is 2.08 bits per heavy atom. The van der Waals surface area contributed by atoms with Gasteiger partial charge in [0.05, 0.1) is 18.6 Å². The van der Waals surface area contributed by atoms with E-state index in [9.17, 15) is 4.79 Å². The van der Waals surface area contributed by atoms with Gasteiger partial charge in [0, 0.05) is 0 Å². The highest BCUT2D eigenvalue weighted by atomic mass is 32.2. The lowest BCUT2D eigenvalue weighted by atomic mass is 10.3. The maximum Gasteiger partial charge on any atom is 0.230 e. The minimum Gasteiger partial charge on any atom is -0.492 e. The molecule has 3 rings (SSSR count). The van der Waals surface area contributed by atoms with Crippen molar-refractivity contribution in [2.75, 3.05) is 24.7 Å². The summed E-state index contributed by atoms with van der Waals surface area (Å²) in [4.78, 5) is 11.9. The first-order valence-electron chi connectivity index (χ1n) is 7.56. The fourth-order valence-electron chi connectivity index (χ4n) is 2.01. The lowest BCUT2D eigenvalue weighted by Gasteiger charge is -2.07. The van der Waals surface area contributed by atoms with Crippen molar-refractivity contribution in [3.05, 3.63) is 48.7 Å². The van der Waals surface area contributed by atoms with Crippen LogP contribution >= 0.6 is 11.8 Å². The number of nitrogens with two attached hydrogens (primary N) is 1. The molecule has 0 bridgehead atoms. The molecule has 0 unspecified atom stereocenters. The topological polar surface area (TPSA) is 108 Å². The van der Waals surface area contributed by atoms with Crippen molar-refractivity contribution in [1.29, 1.82) is 0 Å². The van der Waals surface area contributed by atoms with Gasteiger partial charge in [-0.1, -0.05) is 30.0 Å². The van der Waals surface area contributed by atoms with Crippen LogP contribution < -0.4 is 15.9 Å². The van der Waals surface area contributed by atoms with E-state index >= 15 is 0 Å². The van der Waals surface area contributed by atoms with E-state index in [1.807, 2.05) is 30.3 Å². The predicted molar refractivity (Wildman–Crippen MR) is 93.5 cm³/mol.